The van der Waals surface area contributed by atoms with Crippen molar-refractivity contribution in [2.75, 3.05) is 6.61 Å². The summed E-state index contributed by atoms with van der Waals surface area (Å²) in [5.74, 6) is -1.46. The number of H-pyrrole nitrogens is 2. The zero-order valence-corrected chi connectivity index (χ0v) is 7.55. The minimum absolute atomic E-state index is 0.680. The number of hydrogen-bond acceptors (Lipinski definition) is 4. The molecule has 0 amide bonds. The van der Waals surface area contributed by atoms with Gasteiger partial charge in [-0.05, 0) is 0 Å². The van der Waals surface area contributed by atoms with E-state index in [1.165, 1.54) is 0 Å². The van der Waals surface area contributed by atoms with E-state index in [0.717, 1.165) is 0 Å². The number of hydrogen-bond donors (Lipinski definition) is 2. The molecule has 2 N–H and O–H groups in total. The van der Waals surface area contributed by atoms with E-state index >= 15 is 0 Å². The summed E-state index contributed by atoms with van der Waals surface area (Å²) < 4.78 is 38.8. The topological polar surface area (TPSA) is 92.0 Å². The maximum absolute atomic E-state index is 11.7. The van der Waals surface area contributed by atoms with Crippen molar-refractivity contribution in [1.82, 2.24) is 9.97 Å². The van der Waals surface area contributed by atoms with Crippen LogP contribution in [-0.2, 0) is 4.74 Å². The molecule has 1 aromatic rings. The van der Waals surface area contributed by atoms with E-state index in [1.54, 1.807) is 4.98 Å². The van der Waals surface area contributed by atoms with Crippen molar-refractivity contribution >= 4 is 5.97 Å². The summed E-state index contributed by atoms with van der Waals surface area (Å²) in [6.45, 7) is -1.80. The smallest absolute Gasteiger partial charge is 0.422 e. The van der Waals surface area contributed by atoms with Gasteiger partial charge >= 0.3 is 17.8 Å². The molecule has 88 valence electrons. The lowest BCUT2D eigenvalue weighted by Crippen LogP contribution is -2.29. The van der Waals surface area contributed by atoms with Crippen molar-refractivity contribution < 1.29 is 22.7 Å². The van der Waals surface area contributed by atoms with Crippen LogP contribution in [0.2, 0.25) is 0 Å². The van der Waals surface area contributed by atoms with Gasteiger partial charge in [0.25, 0.3) is 5.56 Å². The molecule has 0 atom stereocenters. The van der Waals surface area contributed by atoms with Crippen LogP contribution in [0.4, 0.5) is 13.2 Å². The number of rotatable bonds is 2. The molecule has 0 aliphatic rings. The number of carbonyl (C=O) groups is 1. The summed E-state index contributed by atoms with van der Waals surface area (Å²) in [4.78, 5) is 36.0. The van der Waals surface area contributed by atoms with E-state index in [-0.39, 0.29) is 0 Å². The Labute approximate surface area is 85.1 Å². The highest BCUT2D eigenvalue weighted by molar-refractivity contribution is 5.88. The molecule has 16 heavy (non-hydrogen) atoms. The molecule has 6 nitrogen and oxygen atoms in total. The van der Waals surface area contributed by atoms with Gasteiger partial charge in [-0.2, -0.15) is 13.2 Å². The predicted molar refractivity (Wildman–Crippen MR) is 44.0 cm³/mol. The first-order chi connectivity index (χ1) is 7.29. The first kappa shape index (κ1) is 12.0. The minimum atomic E-state index is -4.68. The van der Waals surface area contributed by atoms with Crippen molar-refractivity contribution in [3.63, 3.8) is 0 Å². The molecule has 1 heterocycles. The van der Waals surface area contributed by atoms with Crippen molar-refractivity contribution in [3.8, 4) is 0 Å². The number of halogens is 3. The van der Waals surface area contributed by atoms with Gasteiger partial charge in [-0.1, -0.05) is 0 Å². The molecule has 1 aromatic heterocycles. The van der Waals surface area contributed by atoms with Crippen molar-refractivity contribution in [3.05, 3.63) is 32.6 Å². The Balaban J connectivity index is 2.82. The number of aromatic amines is 2. The standard InChI is InChI=1S/C7H5F3N2O4/c8-7(9,10)2-16-5(14)3-1-11-6(15)12-4(3)13/h1H,2H2,(H2,11,12,13,15). The van der Waals surface area contributed by atoms with Crippen LogP contribution in [0.15, 0.2) is 15.8 Å². The van der Waals surface area contributed by atoms with Gasteiger partial charge in [-0.3, -0.25) is 9.78 Å². The highest BCUT2D eigenvalue weighted by atomic mass is 19.4. The van der Waals surface area contributed by atoms with Crippen LogP contribution < -0.4 is 11.2 Å². The fraction of sp³-hybridized carbons (Fsp3) is 0.286. The summed E-state index contributed by atoms with van der Waals surface area (Å²) in [5, 5.41) is 0. The molecule has 0 saturated heterocycles. The van der Waals surface area contributed by atoms with Gasteiger partial charge in [0.1, 0.15) is 5.56 Å². The van der Waals surface area contributed by atoms with E-state index in [9.17, 15) is 27.6 Å². The lowest BCUT2D eigenvalue weighted by atomic mass is 10.3. The van der Waals surface area contributed by atoms with Crippen LogP contribution >= 0.6 is 0 Å². The quantitative estimate of drug-likeness (QED) is 0.697. The minimum Gasteiger partial charge on any atom is -0.452 e. The number of ether oxygens (including phenoxy) is 1. The Morgan fingerprint density at radius 1 is 1.38 bits per heavy atom. The zero-order valence-electron chi connectivity index (χ0n) is 7.55. The number of esters is 1. The van der Waals surface area contributed by atoms with Crippen LogP contribution in [0.1, 0.15) is 10.4 Å². The monoisotopic (exact) mass is 238 g/mol. The predicted octanol–water partition coefficient (Wildman–Crippen LogP) is -0.218. The van der Waals surface area contributed by atoms with Gasteiger partial charge in [0, 0.05) is 6.20 Å². The normalized spacial score (nSPS) is 11.2. The zero-order chi connectivity index (χ0) is 12.3. The van der Waals surface area contributed by atoms with Crippen LogP contribution in [0.5, 0.6) is 0 Å². The second-order valence-corrected chi connectivity index (χ2v) is 2.68. The van der Waals surface area contributed by atoms with Gasteiger partial charge in [-0.15, -0.1) is 0 Å². The number of carbonyl (C=O) groups excluding carboxylic acids is 1. The SMILES string of the molecule is O=C(OCC(F)(F)F)c1c[nH]c(=O)[nH]c1=O. The molecule has 0 aliphatic heterocycles. The van der Waals surface area contributed by atoms with E-state index in [4.69, 9.17) is 0 Å². The fourth-order valence-corrected chi connectivity index (χ4v) is 0.787. The van der Waals surface area contributed by atoms with Crippen LogP contribution in [0, 0.1) is 0 Å². The lowest BCUT2D eigenvalue weighted by molar-refractivity contribution is -0.161. The fourth-order valence-electron chi connectivity index (χ4n) is 0.787. The molecule has 0 spiro atoms. The van der Waals surface area contributed by atoms with Crippen molar-refractivity contribution in [2.24, 2.45) is 0 Å². The van der Waals surface area contributed by atoms with Crippen LogP contribution in [0.25, 0.3) is 0 Å². The Bertz CT molecular complexity index is 501. The van der Waals surface area contributed by atoms with Gasteiger partial charge in [0.05, 0.1) is 0 Å². The summed E-state index contributed by atoms with van der Waals surface area (Å²) in [6, 6.07) is 0. The maximum atomic E-state index is 11.7. The van der Waals surface area contributed by atoms with Gasteiger partial charge < -0.3 is 9.72 Å². The molecule has 0 radical (unpaired) electrons. The van der Waals surface area contributed by atoms with E-state index in [0.29, 0.717) is 6.20 Å². The number of aromatic nitrogens is 2. The van der Waals surface area contributed by atoms with E-state index < -0.39 is 35.6 Å². The van der Waals surface area contributed by atoms with E-state index in [1.807, 2.05) is 4.98 Å². The van der Waals surface area contributed by atoms with Gasteiger partial charge in [-0.25, -0.2) is 9.59 Å². The number of nitrogens with one attached hydrogen (secondary N) is 2. The van der Waals surface area contributed by atoms with Gasteiger partial charge in [0.15, 0.2) is 6.61 Å². The summed E-state index contributed by atoms with van der Waals surface area (Å²) in [7, 11) is 0. The van der Waals surface area contributed by atoms with Gasteiger partial charge in [0.2, 0.25) is 0 Å². The molecule has 1 rings (SSSR count). The maximum Gasteiger partial charge on any atom is 0.422 e. The second-order valence-electron chi connectivity index (χ2n) is 2.68. The van der Waals surface area contributed by atoms with Crippen LogP contribution in [-0.4, -0.2) is 28.7 Å². The highest BCUT2D eigenvalue weighted by Crippen LogP contribution is 2.14. The Morgan fingerprint density at radius 3 is 2.50 bits per heavy atom. The van der Waals surface area contributed by atoms with Crippen LogP contribution in [0.3, 0.4) is 0 Å². The third-order valence-corrected chi connectivity index (χ3v) is 1.41. The largest absolute Gasteiger partial charge is 0.452 e. The first-order valence-corrected chi connectivity index (χ1v) is 3.85. The third-order valence-electron chi connectivity index (χ3n) is 1.41. The molecular formula is C7H5F3N2O4. The Kier molecular flexibility index (Phi) is 3.16. The summed E-state index contributed by atoms with van der Waals surface area (Å²) >= 11 is 0. The van der Waals surface area contributed by atoms with Crippen molar-refractivity contribution in [1.29, 1.82) is 0 Å². The molecule has 0 bridgehead atoms. The highest BCUT2D eigenvalue weighted by Gasteiger charge is 2.30. The molecule has 0 aliphatic carbocycles. The van der Waals surface area contributed by atoms with Crippen molar-refractivity contribution in [2.45, 2.75) is 6.18 Å². The molecule has 0 aromatic carbocycles. The first-order valence-electron chi connectivity index (χ1n) is 3.85. The Hall–Kier alpha value is -2.06. The number of alkyl halides is 3. The lowest BCUT2D eigenvalue weighted by Gasteiger charge is -2.06. The molecular weight excluding hydrogens is 233 g/mol. The molecule has 0 unspecified atom stereocenters. The third kappa shape index (κ3) is 3.26. The summed E-state index contributed by atoms with van der Waals surface area (Å²) in [6.07, 6.45) is -4.00. The average molecular weight is 238 g/mol. The second kappa shape index (κ2) is 4.21. The molecule has 0 saturated carbocycles. The molecule has 9 heteroatoms. The summed E-state index contributed by atoms with van der Waals surface area (Å²) in [5.41, 5.74) is -2.70. The molecule has 0 fully saturated rings. The Morgan fingerprint density at radius 2 is 2.00 bits per heavy atom. The van der Waals surface area contributed by atoms with E-state index in [2.05, 4.69) is 4.74 Å². The average Bonchev–Trinajstić information content (AvgIpc) is 2.13.